The van der Waals surface area contributed by atoms with Crippen molar-refractivity contribution in [3.63, 3.8) is 0 Å². The van der Waals surface area contributed by atoms with Crippen LogP contribution < -0.4 is 0 Å². The molecule has 0 saturated carbocycles. The molecule has 1 saturated heterocycles. The van der Waals surface area contributed by atoms with E-state index in [-0.39, 0.29) is 11.9 Å². The van der Waals surface area contributed by atoms with Crippen LogP contribution in [0.15, 0.2) is 42.6 Å². The highest BCUT2D eigenvalue weighted by Gasteiger charge is 2.21. The third-order valence-electron chi connectivity index (χ3n) is 3.79. The van der Waals surface area contributed by atoms with Crippen molar-refractivity contribution in [1.82, 2.24) is 19.9 Å². The lowest BCUT2D eigenvalue weighted by molar-refractivity contribution is -0.133. The second-order valence-corrected chi connectivity index (χ2v) is 5.62. The van der Waals surface area contributed by atoms with E-state index in [2.05, 4.69) is 10.3 Å². The number of ether oxygens (including phenoxy) is 1. The maximum absolute atomic E-state index is 12.2. The number of carbonyl (C=O) groups excluding carboxylic acids is 1. The second kappa shape index (κ2) is 7.19. The number of morpholine rings is 1. The largest absolute Gasteiger partial charge is 0.377 e. The molecule has 1 aromatic carbocycles. The fourth-order valence-electron chi connectivity index (χ4n) is 2.54. The van der Waals surface area contributed by atoms with Crippen molar-refractivity contribution < 1.29 is 9.53 Å². The average molecular weight is 312 g/mol. The lowest BCUT2D eigenvalue weighted by atomic mass is 10.2. The Hall–Kier alpha value is -2.47. The van der Waals surface area contributed by atoms with Gasteiger partial charge in [0.1, 0.15) is 5.69 Å². The van der Waals surface area contributed by atoms with Gasteiger partial charge >= 0.3 is 0 Å². The van der Waals surface area contributed by atoms with E-state index < -0.39 is 0 Å². The highest BCUT2D eigenvalue weighted by molar-refractivity contribution is 5.91. The normalized spacial score (nSPS) is 18.5. The summed E-state index contributed by atoms with van der Waals surface area (Å²) in [5.41, 5.74) is 1.83. The Kier molecular flexibility index (Phi) is 4.83. The Bertz CT molecular complexity index is 681. The van der Waals surface area contributed by atoms with Crippen molar-refractivity contribution in [2.75, 3.05) is 19.8 Å². The smallest absolute Gasteiger partial charge is 0.247 e. The van der Waals surface area contributed by atoms with Gasteiger partial charge in [0.25, 0.3) is 0 Å². The van der Waals surface area contributed by atoms with Crippen molar-refractivity contribution >= 4 is 12.0 Å². The van der Waals surface area contributed by atoms with Gasteiger partial charge in [0, 0.05) is 12.6 Å². The molecule has 0 N–H and O–H groups in total. The molecule has 6 heteroatoms. The summed E-state index contributed by atoms with van der Waals surface area (Å²) in [6.45, 7) is 4.46. The van der Waals surface area contributed by atoms with E-state index in [9.17, 15) is 4.79 Å². The summed E-state index contributed by atoms with van der Waals surface area (Å²) >= 11 is 0. The third kappa shape index (κ3) is 4.04. The maximum atomic E-state index is 12.2. The number of hydrogen-bond acceptors (Lipinski definition) is 4. The van der Waals surface area contributed by atoms with Gasteiger partial charge in [0.2, 0.25) is 5.91 Å². The molecule has 1 unspecified atom stereocenters. The van der Waals surface area contributed by atoms with Crippen LogP contribution in [-0.4, -0.2) is 51.6 Å². The zero-order valence-corrected chi connectivity index (χ0v) is 13.1. The van der Waals surface area contributed by atoms with Gasteiger partial charge in [0.15, 0.2) is 0 Å². The van der Waals surface area contributed by atoms with Crippen LogP contribution in [0, 0.1) is 0 Å². The van der Waals surface area contributed by atoms with Crippen molar-refractivity contribution in [3.05, 3.63) is 53.9 Å². The highest BCUT2D eigenvalue weighted by Crippen LogP contribution is 2.08. The topological polar surface area (TPSA) is 60.2 Å². The van der Waals surface area contributed by atoms with Gasteiger partial charge in [-0.05, 0) is 18.6 Å². The number of carbonyl (C=O) groups is 1. The minimum atomic E-state index is -0.0154. The molecule has 1 aliphatic rings. The van der Waals surface area contributed by atoms with Gasteiger partial charge in [-0.1, -0.05) is 35.5 Å². The van der Waals surface area contributed by atoms with Crippen molar-refractivity contribution in [2.45, 2.75) is 19.5 Å². The fourth-order valence-corrected chi connectivity index (χ4v) is 2.54. The molecule has 0 spiro atoms. The van der Waals surface area contributed by atoms with Crippen LogP contribution in [-0.2, 0) is 16.1 Å². The summed E-state index contributed by atoms with van der Waals surface area (Å²) in [6.07, 6.45) is 5.09. The van der Waals surface area contributed by atoms with Crippen LogP contribution in [0.2, 0.25) is 0 Å². The quantitative estimate of drug-likeness (QED) is 0.804. The Morgan fingerprint density at radius 1 is 1.39 bits per heavy atom. The predicted molar refractivity (Wildman–Crippen MR) is 86.6 cm³/mol. The molecule has 0 aliphatic carbocycles. The van der Waals surface area contributed by atoms with Gasteiger partial charge < -0.3 is 9.64 Å². The van der Waals surface area contributed by atoms with Gasteiger partial charge in [-0.15, -0.1) is 5.10 Å². The first-order chi connectivity index (χ1) is 11.2. The number of amides is 1. The second-order valence-electron chi connectivity index (χ2n) is 5.62. The monoisotopic (exact) mass is 312 g/mol. The molecule has 2 heterocycles. The molecular formula is C17H20N4O2. The number of benzene rings is 1. The number of nitrogens with zero attached hydrogens (tertiary/aromatic N) is 4. The minimum absolute atomic E-state index is 0.0154. The van der Waals surface area contributed by atoms with Crippen molar-refractivity contribution in [2.24, 2.45) is 0 Å². The van der Waals surface area contributed by atoms with Crippen LogP contribution in [0.25, 0.3) is 6.08 Å². The van der Waals surface area contributed by atoms with E-state index in [4.69, 9.17) is 4.74 Å². The molecule has 0 bridgehead atoms. The molecule has 1 fully saturated rings. The van der Waals surface area contributed by atoms with Crippen LogP contribution >= 0.6 is 0 Å². The summed E-state index contributed by atoms with van der Waals surface area (Å²) in [7, 11) is 0. The molecule has 1 amide bonds. The lowest BCUT2D eigenvalue weighted by Crippen LogP contribution is -2.46. The summed E-state index contributed by atoms with van der Waals surface area (Å²) in [5, 5.41) is 8.17. The first-order valence-electron chi connectivity index (χ1n) is 7.73. The van der Waals surface area contributed by atoms with Crippen LogP contribution in [0.1, 0.15) is 18.2 Å². The average Bonchev–Trinajstić information content (AvgIpc) is 3.01. The summed E-state index contributed by atoms with van der Waals surface area (Å²) in [6, 6.07) is 10.2. The van der Waals surface area contributed by atoms with Crippen LogP contribution in [0.3, 0.4) is 0 Å². The van der Waals surface area contributed by atoms with E-state index >= 15 is 0 Å². The van der Waals surface area contributed by atoms with E-state index in [0.717, 1.165) is 5.56 Å². The highest BCUT2D eigenvalue weighted by atomic mass is 16.5. The molecule has 0 radical (unpaired) electrons. The van der Waals surface area contributed by atoms with Gasteiger partial charge in [-0.2, -0.15) is 0 Å². The molecule has 1 atom stereocenters. The summed E-state index contributed by atoms with van der Waals surface area (Å²) in [5.74, 6) is -0.0154. The van der Waals surface area contributed by atoms with Crippen LogP contribution in [0.4, 0.5) is 0 Å². The van der Waals surface area contributed by atoms with Gasteiger partial charge in [-0.3, -0.25) is 4.79 Å². The molecule has 23 heavy (non-hydrogen) atoms. The van der Waals surface area contributed by atoms with Gasteiger partial charge in [-0.25, -0.2) is 4.68 Å². The van der Waals surface area contributed by atoms with Crippen molar-refractivity contribution in [3.8, 4) is 0 Å². The first kappa shape index (κ1) is 15.4. The third-order valence-corrected chi connectivity index (χ3v) is 3.79. The zero-order valence-electron chi connectivity index (χ0n) is 13.1. The van der Waals surface area contributed by atoms with E-state index in [0.29, 0.717) is 32.0 Å². The molecule has 6 nitrogen and oxygen atoms in total. The first-order valence-corrected chi connectivity index (χ1v) is 7.73. The van der Waals surface area contributed by atoms with E-state index in [1.807, 2.05) is 48.4 Å². The molecule has 2 aromatic rings. The standard InChI is InChI=1S/C17H20N4O2/c1-14-13-23-10-9-21(14)17(22)8-7-16-12-20(19-18-16)11-15-5-3-2-4-6-15/h2-8,12,14H,9-11,13H2,1H3. The Morgan fingerprint density at radius 3 is 3.00 bits per heavy atom. The van der Waals surface area contributed by atoms with E-state index in [1.54, 1.807) is 16.8 Å². The Balaban J connectivity index is 1.61. The summed E-state index contributed by atoms with van der Waals surface area (Å²) < 4.78 is 7.10. The molecule has 1 aromatic heterocycles. The maximum Gasteiger partial charge on any atom is 0.247 e. The number of aromatic nitrogens is 3. The molecule has 120 valence electrons. The van der Waals surface area contributed by atoms with Crippen LogP contribution in [0.5, 0.6) is 0 Å². The Morgan fingerprint density at radius 2 is 2.22 bits per heavy atom. The fraction of sp³-hybridized carbons (Fsp3) is 0.353. The van der Waals surface area contributed by atoms with Gasteiger partial charge in [0.05, 0.1) is 32.0 Å². The predicted octanol–water partition coefficient (Wildman–Crippen LogP) is 1.59. The molecule has 3 rings (SSSR count). The minimum Gasteiger partial charge on any atom is -0.377 e. The summed E-state index contributed by atoms with van der Waals surface area (Å²) in [4.78, 5) is 14.0. The molecule has 1 aliphatic heterocycles. The van der Waals surface area contributed by atoms with Crippen molar-refractivity contribution in [1.29, 1.82) is 0 Å². The number of rotatable bonds is 4. The Labute approximate surface area is 135 Å². The lowest BCUT2D eigenvalue weighted by Gasteiger charge is -2.32. The molecular weight excluding hydrogens is 292 g/mol. The zero-order chi connectivity index (χ0) is 16.1. The SMILES string of the molecule is CC1COCCN1C(=O)C=Cc1cn(Cc2ccccc2)nn1. The number of hydrogen-bond donors (Lipinski definition) is 0. The van der Waals surface area contributed by atoms with E-state index in [1.165, 1.54) is 0 Å².